The van der Waals surface area contributed by atoms with E-state index in [9.17, 15) is 22.4 Å². The van der Waals surface area contributed by atoms with Crippen LogP contribution in [0.1, 0.15) is 56.1 Å². The molecule has 0 radical (unpaired) electrons. The van der Waals surface area contributed by atoms with Crippen LogP contribution in [0.5, 0.6) is 5.75 Å². The molecule has 1 fully saturated rings. The van der Waals surface area contributed by atoms with Gasteiger partial charge in [0, 0.05) is 18.4 Å². The molecule has 0 aliphatic heterocycles. The molecule has 0 spiro atoms. The van der Waals surface area contributed by atoms with E-state index in [4.69, 9.17) is 4.74 Å². The summed E-state index contributed by atoms with van der Waals surface area (Å²) in [7, 11) is 1.51. The van der Waals surface area contributed by atoms with Gasteiger partial charge in [-0.3, -0.25) is 4.79 Å². The minimum atomic E-state index is -4.35. The molecule has 1 heterocycles. The maximum absolute atomic E-state index is 14.7. The topological polar surface area (TPSA) is 55.0 Å². The zero-order valence-corrected chi connectivity index (χ0v) is 19.0. The van der Waals surface area contributed by atoms with Gasteiger partial charge in [-0.25, -0.2) is 9.37 Å². The number of carbonyl (C=O) groups excluding carboxylic acids is 1. The van der Waals surface area contributed by atoms with Crippen molar-refractivity contribution < 1.29 is 27.1 Å². The molecule has 0 unspecified atom stereocenters. The summed E-state index contributed by atoms with van der Waals surface area (Å²) in [5.74, 6) is -0.240. The summed E-state index contributed by atoms with van der Waals surface area (Å²) in [5, 5.41) is 0. The minimum absolute atomic E-state index is 0.0185. The molecule has 1 saturated carbocycles. The van der Waals surface area contributed by atoms with Crippen LogP contribution in [0.3, 0.4) is 0 Å². The molecule has 176 valence electrons. The predicted molar refractivity (Wildman–Crippen MR) is 117 cm³/mol. The molecule has 4 nitrogen and oxygen atoms in total. The van der Waals surface area contributed by atoms with Crippen LogP contribution in [-0.4, -0.2) is 29.0 Å². The number of nitrogens with zero attached hydrogens (tertiary/aromatic N) is 1. The second-order valence-corrected chi connectivity index (χ2v) is 9.80. The van der Waals surface area contributed by atoms with Crippen LogP contribution in [0, 0.1) is 5.82 Å². The lowest BCUT2D eigenvalue weighted by atomic mass is 9.85. The van der Waals surface area contributed by atoms with Crippen LogP contribution in [-0.2, 0) is 28.5 Å². The van der Waals surface area contributed by atoms with Crippen molar-refractivity contribution in [3.8, 4) is 5.75 Å². The lowest BCUT2D eigenvalue weighted by molar-refractivity contribution is -0.162. The molecule has 2 aromatic carbocycles. The molecular formula is C25H26F4N2O2. The second kappa shape index (κ2) is 7.85. The van der Waals surface area contributed by atoms with Gasteiger partial charge in [-0.1, -0.05) is 26.8 Å². The molecule has 1 aliphatic rings. The molecule has 1 aliphatic carbocycles. The number of aromatic amines is 1. The first-order valence-electron chi connectivity index (χ1n) is 10.8. The summed E-state index contributed by atoms with van der Waals surface area (Å²) < 4.78 is 60.3. The molecule has 0 saturated heterocycles. The van der Waals surface area contributed by atoms with Gasteiger partial charge in [0.2, 0.25) is 0 Å². The van der Waals surface area contributed by atoms with E-state index in [1.165, 1.54) is 13.2 Å². The largest absolute Gasteiger partial charge is 0.496 e. The fourth-order valence-electron chi connectivity index (χ4n) is 4.16. The third-order valence-electron chi connectivity index (χ3n) is 6.26. The van der Waals surface area contributed by atoms with Gasteiger partial charge in [-0.15, -0.1) is 0 Å². The first kappa shape index (κ1) is 23.3. The van der Waals surface area contributed by atoms with Crippen LogP contribution in [0.25, 0.3) is 11.0 Å². The molecule has 1 N–H and O–H groups in total. The average Bonchev–Trinajstić information content (AvgIpc) is 3.43. The fourth-order valence-corrected chi connectivity index (χ4v) is 4.16. The number of alkyl halides is 3. The smallest absolute Gasteiger partial charge is 0.401 e. The van der Waals surface area contributed by atoms with Gasteiger partial charge in [0.25, 0.3) is 0 Å². The summed E-state index contributed by atoms with van der Waals surface area (Å²) in [5.41, 5.74) is 0.245. The van der Waals surface area contributed by atoms with Crippen molar-refractivity contribution in [1.29, 1.82) is 0 Å². The number of fused-ring (bicyclic) bond motifs is 1. The van der Waals surface area contributed by atoms with E-state index in [1.54, 1.807) is 24.3 Å². The van der Waals surface area contributed by atoms with E-state index in [0.717, 1.165) is 0 Å². The number of H-pyrrole nitrogens is 1. The molecule has 4 rings (SSSR count). The summed E-state index contributed by atoms with van der Waals surface area (Å²) >= 11 is 0. The highest BCUT2D eigenvalue weighted by Crippen LogP contribution is 2.58. The molecule has 3 aromatic rings. The van der Waals surface area contributed by atoms with Crippen molar-refractivity contribution >= 4 is 16.8 Å². The Balaban J connectivity index is 1.53. The Labute approximate surface area is 189 Å². The number of methoxy groups -OCH3 is 1. The van der Waals surface area contributed by atoms with E-state index in [2.05, 4.69) is 9.97 Å². The number of hydrogen-bond acceptors (Lipinski definition) is 3. The minimum Gasteiger partial charge on any atom is -0.496 e. The van der Waals surface area contributed by atoms with Gasteiger partial charge in [-0.2, -0.15) is 13.2 Å². The Morgan fingerprint density at radius 1 is 1.12 bits per heavy atom. The lowest BCUT2D eigenvalue weighted by Gasteiger charge is -2.23. The zero-order chi connectivity index (χ0) is 24.2. The van der Waals surface area contributed by atoms with Crippen molar-refractivity contribution in [1.82, 2.24) is 9.97 Å². The van der Waals surface area contributed by atoms with Gasteiger partial charge in [-0.05, 0) is 53.6 Å². The third-order valence-corrected chi connectivity index (χ3v) is 6.26. The predicted octanol–water partition coefficient (Wildman–Crippen LogP) is 5.96. The Bertz CT molecular complexity index is 1220. The van der Waals surface area contributed by atoms with Crippen molar-refractivity contribution in [2.75, 3.05) is 7.11 Å². The fraction of sp³-hybridized carbons (Fsp3) is 0.440. The van der Waals surface area contributed by atoms with E-state index >= 15 is 0 Å². The van der Waals surface area contributed by atoms with Crippen LogP contribution in [0.15, 0.2) is 30.3 Å². The molecule has 1 aromatic heterocycles. The van der Waals surface area contributed by atoms with Gasteiger partial charge < -0.3 is 9.72 Å². The number of Topliss-reactive ketones (excluding diaryl/α,β-unsaturated/α-hetero) is 1. The molecule has 0 atom stereocenters. The first-order chi connectivity index (χ1) is 15.3. The lowest BCUT2D eigenvalue weighted by Crippen LogP contribution is -2.29. The average molecular weight is 462 g/mol. The Morgan fingerprint density at radius 2 is 1.82 bits per heavy atom. The summed E-state index contributed by atoms with van der Waals surface area (Å²) in [6, 6.07) is 7.87. The summed E-state index contributed by atoms with van der Waals surface area (Å²) in [6.07, 6.45) is -4.41. The van der Waals surface area contributed by atoms with E-state index in [-0.39, 0.29) is 48.3 Å². The van der Waals surface area contributed by atoms with E-state index in [0.29, 0.717) is 27.9 Å². The Kier molecular flexibility index (Phi) is 5.53. The number of hydrogen-bond donors (Lipinski definition) is 1. The third kappa shape index (κ3) is 4.35. The molecule has 8 heteroatoms. The summed E-state index contributed by atoms with van der Waals surface area (Å²) in [4.78, 5) is 19.6. The summed E-state index contributed by atoms with van der Waals surface area (Å²) in [6.45, 7) is 5.85. The number of benzene rings is 2. The van der Waals surface area contributed by atoms with Crippen molar-refractivity contribution in [2.45, 2.75) is 63.5 Å². The van der Waals surface area contributed by atoms with Crippen molar-refractivity contribution in [3.63, 3.8) is 0 Å². The molecule has 0 bridgehead atoms. The number of nitrogens with one attached hydrogen (secondary N) is 1. The quantitative estimate of drug-likeness (QED) is 0.460. The number of ether oxygens (including phenoxy) is 1. The highest BCUT2D eigenvalue weighted by molar-refractivity contribution is 5.85. The van der Waals surface area contributed by atoms with Crippen LogP contribution in [0.4, 0.5) is 17.6 Å². The number of imidazole rings is 1. The Morgan fingerprint density at radius 3 is 2.39 bits per heavy atom. The van der Waals surface area contributed by atoms with Crippen LogP contribution >= 0.6 is 0 Å². The highest BCUT2D eigenvalue weighted by atomic mass is 19.4. The van der Waals surface area contributed by atoms with Gasteiger partial charge in [0.15, 0.2) is 0 Å². The highest BCUT2D eigenvalue weighted by Gasteiger charge is 2.66. The van der Waals surface area contributed by atoms with Gasteiger partial charge in [0.1, 0.15) is 28.6 Å². The van der Waals surface area contributed by atoms with Crippen LogP contribution < -0.4 is 4.74 Å². The maximum atomic E-state index is 14.7. The molecule has 0 amide bonds. The van der Waals surface area contributed by atoms with Crippen LogP contribution in [0.2, 0.25) is 0 Å². The SMILES string of the molecule is COc1cc(CC(=O)Cc2ccc3nc(C4(C(F)(F)F)CC4)[nH]c3c2)c(F)cc1C(C)(C)C. The second-order valence-electron chi connectivity index (χ2n) is 9.80. The van der Waals surface area contributed by atoms with Gasteiger partial charge >= 0.3 is 6.18 Å². The number of rotatable bonds is 6. The van der Waals surface area contributed by atoms with Crippen molar-refractivity contribution in [3.05, 3.63) is 58.7 Å². The number of carbonyl (C=O) groups is 1. The van der Waals surface area contributed by atoms with Crippen molar-refractivity contribution in [2.24, 2.45) is 0 Å². The zero-order valence-electron chi connectivity index (χ0n) is 19.0. The molecule has 33 heavy (non-hydrogen) atoms. The number of ketones is 1. The molecular weight excluding hydrogens is 436 g/mol. The monoisotopic (exact) mass is 462 g/mol. The standard InChI is InChI=1S/C25H26F4N2O2/c1-23(2,3)17-13-18(26)15(12-21(17)33-4)11-16(32)9-14-5-6-19-20(10-14)31-22(30-19)24(7-8-24)25(27,28)29/h5-6,10,12-13H,7-9,11H2,1-4H3,(H,30,31). The number of halogens is 4. The van der Waals surface area contributed by atoms with Gasteiger partial charge in [0.05, 0.1) is 18.1 Å². The Hall–Kier alpha value is -2.90. The first-order valence-corrected chi connectivity index (χ1v) is 10.8. The van der Waals surface area contributed by atoms with E-state index < -0.39 is 17.4 Å². The normalized spacial score (nSPS) is 15.6. The number of aromatic nitrogens is 2. The van der Waals surface area contributed by atoms with E-state index in [1.807, 2.05) is 20.8 Å². The maximum Gasteiger partial charge on any atom is 0.401 e.